The highest BCUT2D eigenvalue weighted by atomic mass is 16.5. The summed E-state index contributed by atoms with van der Waals surface area (Å²) in [6.07, 6.45) is 5.38. The molecule has 2 heteroatoms. The smallest absolute Gasteiger partial charge is 0.106 e. The number of hydrogen-bond donors (Lipinski definition) is 1. The second-order valence-corrected chi connectivity index (χ2v) is 4.60. The van der Waals surface area contributed by atoms with E-state index in [0.29, 0.717) is 18.3 Å². The average Bonchev–Trinajstić information content (AvgIpc) is 2.01. The topological polar surface area (TPSA) is 29.5 Å². The van der Waals surface area contributed by atoms with Gasteiger partial charge in [0.2, 0.25) is 0 Å². The number of fused-ring (bicyclic) bond motifs is 1. The van der Waals surface area contributed by atoms with Gasteiger partial charge in [-0.1, -0.05) is 6.58 Å². The van der Waals surface area contributed by atoms with Gasteiger partial charge in [0.15, 0.2) is 0 Å². The van der Waals surface area contributed by atoms with Gasteiger partial charge in [0.1, 0.15) is 5.76 Å². The van der Waals surface area contributed by atoms with E-state index in [2.05, 4.69) is 6.58 Å². The van der Waals surface area contributed by atoms with Crippen molar-refractivity contribution in [3.8, 4) is 0 Å². The fourth-order valence-electron chi connectivity index (χ4n) is 3.37. The van der Waals surface area contributed by atoms with E-state index in [1.807, 2.05) is 0 Å². The summed E-state index contributed by atoms with van der Waals surface area (Å²) in [7, 11) is 0. The van der Waals surface area contributed by atoms with Crippen LogP contribution in [0.15, 0.2) is 24.2 Å². The molecule has 0 aromatic carbocycles. The third-order valence-electron chi connectivity index (χ3n) is 3.74. The highest BCUT2D eigenvalue weighted by Crippen LogP contribution is 2.61. The standard InChI is InChI=1S/C11H14O2/c1-2-13-9-6-11(12)4-7-3-8(5-11)10(7)9/h2,7-8,12H,1,3-6H2. The first-order valence-corrected chi connectivity index (χ1v) is 4.95. The predicted molar refractivity (Wildman–Crippen MR) is 48.7 cm³/mol. The van der Waals surface area contributed by atoms with Crippen molar-refractivity contribution < 1.29 is 9.84 Å². The van der Waals surface area contributed by atoms with Gasteiger partial charge in [0, 0.05) is 6.42 Å². The lowest BCUT2D eigenvalue weighted by Gasteiger charge is -2.56. The van der Waals surface area contributed by atoms with Crippen molar-refractivity contribution in [3.05, 3.63) is 24.2 Å². The Morgan fingerprint density at radius 2 is 2.15 bits per heavy atom. The zero-order valence-corrected chi connectivity index (χ0v) is 7.62. The molecule has 0 saturated heterocycles. The molecule has 4 bridgehead atoms. The van der Waals surface area contributed by atoms with E-state index >= 15 is 0 Å². The first kappa shape index (κ1) is 7.63. The Kier molecular flexibility index (Phi) is 1.28. The Morgan fingerprint density at radius 3 is 2.69 bits per heavy atom. The summed E-state index contributed by atoms with van der Waals surface area (Å²) in [5.41, 5.74) is 1.03. The van der Waals surface area contributed by atoms with Crippen molar-refractivity contribution in [3.63, 3.8) is 0 Å². The molecule has 3 fully saturated rings. The zero-order valence-electron chi connectivity index (χ0n) is 7.62. The number of allylic oxidation sites excluding steroid dienone is 1. The largest absolute Gasteiger partial charge is 0.470 e. The molecule has 5 aliphatic rings. The van der Waals surface area contributed by atoms with E-state index < -0.39 is 5.60 Å². The highest BCUT2D eigenvalue weighted by molar-refractivity contribution is 5.34. The molecule has 2 nitrogen and oxygen atoms in total. The number of hydrogen-bond acceptors (Lipinski definition) is 2. The van der Waals surface area contributed by atoms with Crippen molar-refractivity contribution in [1.82, 2.24) is 0 Å². The highest BCUT2D eigenvalue weighted by Gasteiger charge is 2.55. The van der Waals surface area contributed by atoms with Crippen LogP contribution >= 0.6 is 0 Å². The molecule has 13 heavy (non-hydrogen) atoms. The predicted octanol–water partition coefficient (Wildman–Crippen LogP) is 1.97. The van der Waals surface area contributed by atoms with Crippen LogP contribution in [0.5, 0.6) is 0 Å². The Hall–Kier alpha value is -0.760. The molecular formula is C11H14O2. The summed E-state index contributed by atoms with van der Waals surface area (Å²) >= 11 is 0. The van der Waals surface area contributed by atoms with Crippen LogP contribution in [0.3, 0.4) is 0 Å². The first-order chi connectivity index (χ1) is 6.22. The Labute approximate surface area is 77.9 Å². The van der Waals surface area contributed by atoms with Gasteiger partial charge in [0.05, 0.1) is 11.9 Å². The van der Waals surface area contributed by atoms with Crippen LogP contribution in [-0.4, -0.2) is 10.7 Å². The minimum absolute atomic E-state index is 0.451. The Morgan fingerprint density at radius 1 is 1.46 bits per heavy atom. The van der Waals surface area contributed by atoms with Crippen LogP contribution in [-0.2, 0) is 4.74 Å². The number of ether oxygens (including phenoxy) is 1. The summed E-state index contributed by atoms with van der Waals surface area (Å²) in [5.74, 6) is 2.25. The van der Waals surface area contributed by atoms with E-state index in [1.165, 1.54) is 18.3 Å². The molecule has 5 rings (SSSR count). The molecule has 3 saturated carbocycles. The lowest BCUT2D eigenvalue weighted by Crippen LogP contribution is -2.52. The van der Waals surface area contributed by atoms with Gasteiger partial charge in [-0.3, -0.25) is 0 Å². The van der Waals surface area contributed by atoms with Gasteiger partial charge in [0.25, 0.3) is 0 Å². The monoisotopic (exact) mass is 178 g/mol. The van der Waals surface area contributed by atoms with E-state index in [4.69, 9.17) is 4.74 Å². The quantitative estimate of drug-likeness (QED) is 0.655. The van der Waals surface area contributed by atoms with Crippen LogP contribution in [0.25, 0.3) is 0 Å². The molecule has 2 unspecified atom stereocenters. The van der Waals surface area contributed by atoms with E-state index in [-0.39, 0.29) is 0 Å². The summed E-state index contributed by atoms with van der Waals surface area (Å²) in [4.78, 5) is 0. The molecule has 0 aromatic heterocycles. The first-order valence-electron chi connectivity index (χ1n) is 4.95. The molecule has 70 valence electrons. The third kappa shape index (κ3) is 0.869. The second-order valence-electron chi connectivity index (χ2n) is 4.60. The molecule has 0 amide bonds. The molecular weight excluding hydrogens is 164 g/mol. The summed E-state index contributed by atoms with van der Waals surface area (Å²) in [6, 6.07) is 0. The molecule has 0 aromatic rings. The fraction of sp³-hybridized carbons (Fsp3) is 0.636. The maximum atomic E-state index is 10.2. The van der Waals surface area contributed by atoms with Gasteiger partial charge < -0.3 is 9.84 Å². The van der Waals surface area contributed by atoms with Gasteiger partial charge in [-0.25, -0.2) is 0 Å². The molecule has 2 atom stereocenters. The lowest BCUT2D eigenvalue weighted by molar-refractivity contribution is -0.0823. The normalized spacial score (nSPS) is 45.9. The zero-order chi connectivity index (χ0) is 9.05. The Bertz CT molecular complexity index is 289. The molecule has 1 N–H and O–H groups in total. The SMILES string of the molecule is C=COC1=C2C3CC2CC(O)(C1)C3. The van der Waals surface area contributed by atoms with Crippen LogP contribution < -0.4 is 0 Å². The average molecular weight is 178 g/mol. The fourth-order valence-corrected chi connectivity index (χ4v) is 3.37. The number of rotatable bonds is 2. The van der Waals surface area contributed by atoms with Crippen molar-refractivity contribution in [1.29, 1.82) is 0 Å². The van der Waals surface area contributed by atoms with Gasteiger partial charge >= 0.3 is 0 Å². The van der Waals surface area contributed by atoms with Gasteiger partial charge in [-0.15, -0.1) is 0 Å². The van der Waals surface area contributed by atoms with Crippen molar-refractivity contribution in [2.45, 2.75) is 31.3 Å². The van der Waals surface area contributed by atoms with Crippen LogP contribution in [0, 0.1) is 11.8 Å². The third-order valence-corrected chi connectivity index (χ3v) is 3.74. The molecule has 0 heterocycles. The van der Waals surface area contributed by atoms with Gasteiger partial charge in [-0.2, -0.15) is 0 Å². The minimum Gasteiger partial charge on any atom is -0.470 e. The summed E-state index contributed by atoms with van der Waals surface area (Å²) in [5, 5.41) is 10.2. The van der Waals surface area contributed by atoms with Crippen LogP contribution in [0.4, 0.5) is 0 Å². The van der Waals surface area contributed by atoms with Gasteiger partial charge in [-0.05, 0) is 36.7 Å². The van der Waals surface area contributed by atoms with E-state index in [1.54, 1.807) is 0 Å². The maximum Gasteiger partial charge on any atom is 0.106 e. The Balaban J connectivity index is 1.99. The second kappa shape index (κ2) is 2.18. The molecule has 0 spiro atoms. The van der Waals surface area contributed by atoms with Crippen molar-refractivity contribution in [2.75, 3.05) is 0 Å². The molecule has 5 aliphatic carbocycles. The summed E-state index contributed by atoms with van der Waals surface area (Å²) in [6.45, 7) is 3.56. The van der Waals surface area contributed by atoms with Crippen LogP contribution in [0.2, 0.25) is 0 Å². The molecule has 0 radical (unpaired) electrons. The van der Waals surface area contributed by atoms with E-state index in [9.17, 15) is 5.11 Å². The van der Waals surface area contributed by atoms with Crippen molar-refractivity contribution in [2.24, 2.45) is 11.8 Å². The lowest BCUT2D eigenvalue weighted by atomic mass is 9.51. The van der Waals surface area contributed by atoms with Crippen LogP contribution in [0.1, 0.15) is 25.7 Å². The van der Waals surface area contributed by atoms with Crippen molar-refractivity contribution >= 4 is 0 Å². The molecule has 0 aliphatic heterocycles. The van der Waals surface area contributed by atoms with E-state index in [0.717, 1.165) is 18.6 Å². The maximum absolute atomic E-state index is 10.2. The summed E-state index contributed by atoms with van der Waals surface area (Å²) < 4.78 is 5.37. The number of aliphatic hydroxyl groups is 1. The minimum atomic E-state index is -0.451.